The van der Waals surface area contributed by atoms with Crippen molar-refractivity contribution in [3.05, 3.63) is 70.0 Å². The van der Waals surface area contributed by atoms with E-state index >= 15 is 0 Å². The molecule has 0 saturated carbocycles. The third kappa shape index (κ3) is 4.37. The maximum Gasteiger partial charge on any atom is 0.263 e. The molecule has 140 valence electrons. The highest BCUT2D eigenvalue weighted by molar-refractivity contribution is 9.10. The minimum Gasteiger partial charge on any atom is -0.361 e. The fraction of sp³-hybridized carbons (Fsp3) is 0.111. The molecule has 0 aliphatic heterocycles. The maximum atomic E-state index is 12.6. The average molecular weight is 450 g/mol. The summed E-state index contributed by atoms with van der Waals surface area (Å²) in [6, 6.07) is 11.3. The summed E-state index contributed by atoms with van der Waals surface area (Å²) in [5.41, 5.74) is 2.18. The van der Waals surface area contributed by atoms with Gasteiger partial charge in [0.25, 0.3) is 15.9 Å². The van der Waals surface area contributed by atoms with E-state index in [1.54, 1.807) is 43.3 Å². The van der Waals surface area contributed by atoms with Crippen LogP contribution in [0.15, 0.2) is 62.6 Å². The van der Waals surface area contributed by atoms with Gasteiger partial charge in [-0.15, -0.1) is 0 Å². The van der Waals surface area contributed by atoms with E-state index in [-0.39, 0.29) is 10.8 Å². The fourth-order valence-corrected chi connectivity index (χ4v) is 4.62. The predicted molar refractivity (Wildman–Crippen MR) is 105 cm³/mol. The highest BCUT2D eigenvalue weighted by Gasteiger charge is 2.18. The highest BCUT2D eigenvalue weighted by Crippen LogP contribution is 2.26. The van der Waals surface area contributed by atoms with Crippen LogP contribution in [0.2, 0.25) is 0 Å². The molecule has 0 saturated heterocycles. The van der Waals surface area contributed by atoms with Crippen LogP contribution in [0.3, 0.4) is 0 Å². The number of hydrogen-bond acceptors (Lipinski definition) is 5. The van der Waals surface area contributed by atoms with Gasteiger partial charge < -0.3 is 9.84 Å². The topological polar surface area (TPSA) is 101 Å². The molecule has 9 heteroatoms. The molecule has 0 fully saturated rings. The lowest BCUT2D eigenvalue weighted by atomic mass is 10.2. The Morgan fingerprint density at radius 3 is 2.33 bits per heavy atom. The zero-order valence-electron chi connectivity index (χ0n) is 14.5. The van der Waals surface area contributed by atoms with Gasteiger partial charge in [-0.2, -0.15) is 0 Å². The summed E-state index contributed by atoms with van der Waals surface area (Å²) < 4.78 is 33.0. The van der Waals surface area contributed by atoms with Crippen molar-refractivity contribution in [2.24, 2.45) is 0 Å². The fourth-order valence-electron chi connectivity index (χ4n) is 2.37. The van der Waals surface area contributed by atoms with Gasteiger partial charge in [-0.3, -0.25) is 9.52 Å². The average Bonchev–Trinajstić information content (AvgIpc) is 3.02. The Hall–Kier alpha value is -2.65. The van der Waals surface area contributed by atoms with Gasteiger partial charge in [0, 0.05) is 15.8 Å². The molecule has 0 bridgehead atoms. The van der Waals surface area contributed by atoms with Crippen LogP contribution in [-0.2, 0) is 10.0 Å². The number of carbonyl (C=O) groups excluding carboxylic acids is 1. The number of sulfonamides is 1. The van der Waals surface area contributed by atoms with E-state index in [4.69, 9.17) is 4.52 Å². The molecule has 7 nitrogen and oxygen atoms in total. The molecule has 1 heterocycles. The molecule has 1 amide bonds. The second kappa shape index (κ2) is 7.53. The molecule has 0 radical (unpaired) electrons. The molecule has 0 aliphatic carbocycles. The molecule has 27 heavy (non-hydrogen) atoms. The monoisotopic (exact) mass is 449 g/mol. The first-order valence-corrected chi connectivity index (χ1v) is 10.2. The van der Waals surface area contributed by atoms with Crippen LogP contribution in [0.5, 0.6) is 0 Å². The third-order valence-corrected chi connectivity index (χ3v) is 6.13. The van der Waals surface area contributed by atoms with Crippen molar-refractivity contribution in [3.63, 3.8) is 0 Å². The molecular weight excluding hydrogens is 434 g/mol. The number of nitrogens with zero attached hydrogens (tertiary/aromatic N) is 1. The number of aryl methyl sites for hydroxylation is 2. The Balaban J connectivity index is 1.74. The van der Waals surface area contributed by atoms with Gasteiger partial charge in [0.15, 0.2) is 0 Å². The summed E-state index contributed by atoms with van der Waals surface area (Å²) in [5.74, 6) is 0.0613. The van der Waals surface area contributed by atoms with Crippen molar-refractivity contribution in [1.29, 1.82) is 0 Å². The molecule has 0 aliphatic rings. The van der Waals surface area contributed by atoms with Gasteiger partial charge in [0.2, 0.25) is 0 Å². The molecule has 2 N–H and O–H groups in total. The van der Waals surface area contributed by atoms with Crippen LogP contribution in [0.1, 0.15) is 21.7 Å². The van der Waals surface area contributed by atoms with E-state index in [9.17, 15) is 13.2 Å². The first-order valence-electron chi connectivity index (χ1n) is 7.88. The molecule has 3 rings (SSSR count). The first kappa shape index (κ1) is 19.1. The van der Waals surface area contributed by atoms with Gasteiger partial charge in [0.1, 0.15) is 16.2 Å². The molecule has 2 aromatic carbocycles. The van der Waals surface area contributed by atoms with Crippen molar-refractivity contribution in [2.45, 2.75) is 18.7 Å². The Kier molecular flexibility index (Phi) is 5.33. The molecule has 1 aromatic heterocycles. The van der Waals surface area contributed by atoms with Gasteiger partial charge in [0.05, 0.1) is 6.20 Å². The van der Waals surface area contributed by atoms with Crippen LogP contribution < -0.4 is 10.0 Å². The number of hydrogen-bond donors (Lipinski definition) is 2. The summed E-state index contributed by atoms with van der Waals surface area (Å²) in [5, 5.41) is 6.26. The molecule has 0 unspecified atom stereocenters. The largest absolute Gasteiger partial charge is 0.361 e. The summed E-state index contributed by atoms with van der Waals surface area (Å²) in [6.45, 7) is 3.52. The maximum absolute atomic E-state index is 12.6. The number of benzene rings is 2. The number of amides is 1. The second-order valence-electron chi connectivity index (χ2n) is 5.87. The molecule has 0 spiro atoms. The van der Waals surface area contributed by atoms with E-state index in [2.05, 4.69) is 31.1 Å². The number of carbonyl (C=O) groups is 1. The minimum atomic E-state index is -3.74. The predicted octanol–water partition coefficient (Wildman–Crippen LogP) is 4.11. The Labute approximate surface area is 164 Å². The van der Waals surface area contributed by atoms with Gasteiger partial charge in [-0.1, -0.05) is 11.2 Å². The molecule has 3 aromatic rings. The lowest BCUT2D eigenvalue weighted by molar-refractivity contribution is 0.102. The summed E-state index contributed by atoms with van der Waals surface area (Å²) in [7, 11) is -3.74. The van der Waals surface area contributed by atoms with Crippen LogP contribution >= 0.6 is 15.9 Å². The lowest BCUT2D eigenvalue weighted by Crippen LogP contribution is -2.14. The minimum absolute atomic E-state index is 0.147. The van der Waals surface area contributed by atoms with Crippen LogP contribution in [-0.4, -0.2) is 19.5 Å². The van der Waals surface area contributed by atoms with Crippen molar-refractivity contribution < 1.29 is 17.7 Å². The lowest BCUT2D eigenvalue weighted by Gasteiger charge is -2.11. The van der Waals surface area contributed by atoms with E-state index in [0.29, 0.717) is 27.2 Å². The molecular formula is C18H16BrN3O4S. The smallest absolute Gasteiger partial charge is 0.263 e. The zero-order chi connectivity index (χ0) is 19.6. The Morgan fingerprint density at radius 1 is 1.07 bits per heavy atom. The van der Waals surface area contributed by atoms with Crippen molar-refractivity contribution >= 4 is 43.2 Å². The summed E-state index contributed by atoms with van der Waals surface area (Å²) >= 11 is 3.28. The standard InChI is InChI=1S/C18H16BrN3O4S/c1-11-3-8-17(16(19)9-11)27(24,25)22-14-6-4-13(5-7-14)21-18(23)15-10-20-26-12(15)2/h3-10,22H,1-2H3,(H,21,23). The van der Waals surface area contributed by atoms with Crippen molar-refractivity contribution in [1.82, 2.24) is 5.16 Å². The third-order valence-electron chi connectivity index (χ3n) is 3.77. The van der Waals surface area contributed by atoms with Crippen LogP contribution in [0, 0.1) is 13.8 Å². The summed E-state index contributed by atoms with van der Waals surface area (Å²) in [6.07, 6.45) is 1.34. The quantitative estimate of drug-likeness (QED) is 0.610. The summed E-state index contributed by atoms with van der Waals surface area (Å²) in [4.78, 5) is 12.3. The normalized spacial score (nSPS) is 11.2. The molecule has 0 atom stereocenters. The van der Waals surface area contributed by atoms with Crippen LogP contribution in [0.25, 0.3) is 0 Å². The van der Waals surface area contributed by atoms with Crippen LogP contribution in [0.4, 0.5) is 11.4 Å². The number of nitrogens with one attached hydrogen (secondary N) is 2. The van der Waals surface area contributed by atoms with Crippen molar-refractivity contribution in [2.75, 3.05) is 10.0 Å². The number of halogens is 1. The van der Waals surface area contributed by atoms with E-state index in [1.165, 1.54) is 12.3 Å². The highest BCUT2D eigenvalue weighted by atomic mass is 79.9. The van der Waals surface area contributed by atoms with Gasteiger partial charge in [-0.05, 0) is 71.7 Å². The van der Waals surface area contributed by atoms with Gasteiger partial charge in [-0.25, -0.2) is 8.42 Å². The van der Waals surface area contributed by atoms with Crippen molar-refractivity contribution in [3.8, 4) is 0 Å². The Bertz CT molecular complexity index is 1090. The number of rotatable bonds is 5. The van der Waals surface area contributed by atoms with E-state index in [0.717, 1.165) is 5.56 Å². The SMILES string of the molecule is Cc1ccc(S(=O)(=O)Nc2ccc(NC(=O)c3cnoc3C)cc2)c(Br)c1. The number of anilines is 2. The van der Waals surface area contributed by atoms with E-state index < -0.39 is 10.0 Å². The van der Waals surface area contributed by atoms with Gasteiger partial charge >= 0.3 is 0 Å². The Morgan fingerprint density at radius 2 is 1.74 bits per heavy atom. The van der Waals surface area contributed by atoms with E-state index in [1.807, 2.05) is 6.92 Å². The number of aromatic nitrogens is 1. The zero-order valence-corrected chi connectivity index (χ0v) is 16.9. The second-order valence-corrected chi connectivity index (χ2v) is 8.37. The first-order chi connectivity index (χ1) is 12.8.